The summed E-state index contributed by atoms with van der Waals surface area (Å²) >= 11 is 0. The fraction of sp³-hybridized carbons (Fsp3) is 0.682. The van der Waals surface area contributed by atoms with Crippen molar-refractivity contribution in [1.29, 1.82) is 0 Å². The molecule has 3 heteroatoms. The van der Waals surface area contributed by atoms with Gasteiger partial charge in [0.05, 0.1) is 0 Å². The second kappa shape index (κ2) is 6.75. The van der Waals surface area contributed by atoms with Crippen LogP contribution in [0.2, 0.25) is 0 Å². The highest BCUT2D eigenvalue weighted by molar-refractivity contribution is 5.93. The van der Waals surface area contributed by atoms with Crippen LogP contribution < -0.4 is 5.48 Å². The minimum atomic E-state index is -0.438. The Bertz CT molecular complexity index is 586. The maximum atomic E-state index is 11.4. The lowest BCUT2D eigenvalue weighted by Crippen LogP contribution is -2.49. The Morgan fingerprint density at radius 2 is 1.68 bits per heavy atom. The molecule has 0 heterocycles. The van der Waals surface area contributed by atoms with Crippen LogP contribution in [0.1, 0.15) is 74.2 Å². The maximum absolute atomic E-state index is 11.4. The van der Waals surface area contributed by atoms with E-state index in [0.29, 0.717) is 11.0 Å². The highest BCUT2D eigenvalue weighted by atomic mass is 16.5. The third-order valence-electron chi connectivity index (χ3n) is 7.54. The quantitative estimate of drug-likeness (QED) is 0.566. The zero-order valence-corrected chi connectivity index (χ0v) is 15.3. The van der Waals surface area contributed by atoms with E-state index in [1.54, 1.807) is 5.48 Å². The number of hydrogen-bond acceptors (Lipinski definition) is 2. The summed E-state index contributed by atoms with van der Waals surface area (Å²) in [5.41, 5.74) is 4.15. The molecule has 1 atom stereocenters. The number of hydrogen-bond donors (Lipinski definition) is 2. The molecular weight excluding hydrogens is 310 g/mol. The van der Waals surface area contributed by atoms with Crippen LogP contribution in [0, 0.1) is 29.1 Å². The summed E-state index contributed by atoms with van der Waals surface area (Å²) in [7, 11) is 0. The zero-order chi connectivity index (χ0) is 17.4. The lowest BCUT2D eigenvalue weighted by Gasteiger charge is -2.59. The van der Waals surface area contributed by atoms with Gasteiger partial charge >= 0.3 is 0 Å². The minimum Gasteiger partial charge on any atom is -0.288 e. The fourth-order valence-corrected chi connectivity index (χ4v) is 6.85. The van der Waals surface area contributed by atoms with Crippen molar-refractivity contribution < 1.29 is 10.0 Å². The summed E-state index contributed by atoms with van der Waals surface area (Å²) in [4.78, 5) is 11.4. The minimum absolute atomic E-state index is 0.438. The van der Waals surface area contributed by atoms with Crippen molar-refractivity contribution in [3.8, 4) is 0 Å². The molecule has 136 valence electrons. The monoisotopic (exact) mass is 341 g/mol. The van der Waals surface area contributed by atoms with Gasteiger partial charge in [0.2, 0.25) is 0 Å². The number of benzene rings is 1. The molecule has 25 heavy (non-hydrogen) atoms. The van der Waals surface area contributed by atoms with Gasteiger partial charge in [-0.1, -0.05) is 25.5 Å². The molecule has 4 bridgehead atoms. The Kier molecular flexibility index (Phi) is 4.61. The third-order valence-corrected chi connectivity index (χ3v) is 7.54. The van der Waals surface area contributed by atoms with E-state index >= 15 is 0 Å². The van der Waals surface area contributed by atoms with E-state index in [4.69, 9.17) is 5.21 Å². The van der Waals surface area contributed by atoms with Crippen LogP contribution in [0.3, 0.4) is 0 Å². The van der Waals surface area contributed by atoms with Gasteiger partial charge in [0.1, 0.15) is 0 Å². The first kappa shape index (κ1) is 17.1. The number of aryl methyl sites for hydroxylation is 1. The van der Waals surface area contributed by atoms with Crippen LogP contribution >= 0.6 is 0 Å². The molecule has 0 spiro atoms. The van der Waals surface area contributed by atoms with Crippen LogP contribution in [0.25, 0.3) is 0 Å². The van der Waals surface area contributed by atoms with Gasteiger partial charge in [0.15, 0.2) is 0 Å². The smallest absolute Gasteiger partial charge is 0.274 e. The molecule has 4 fully saturated rings. The van der Waals surface area contributed by atoms with Crippen molar-refractivity contribution >= 4 is 5.91 Å². The van der Waals surface area contributed by atoms with Gasteiger partial charge in [0.25, 0.3) is 5.91 Å². The molecule has 1 aromatic carbocycles. The molecule has 4 aliphatic rings. The second-order valence-corrected chi connectivity index (χ2v) is 9.06. The van der Waals surface area contributed by atoms with Crippen LogP contribution in [0.15, 0.2) is 24.3 Å². The number of rotatable bonds is 6. The number of carbonyl (C=O) groups is 1. The van der Waals surface area contributed by atoms with Gasteiger partial charge in [-0.2, -0.15) is 0 Å². The Morgan fingerprint density at radius 1 is 1.12 bits per heavy atom. The van der Waals surface area contributed by atoms with Crippen molar-refractivity contribution in [1.82, 2.24) is 5.48 Å². The summed E-state index contributed by atoms with van der Waals surface area (Å²) in [5.74, 6) is 3.48. The largest absolute Gasteiger partial charge is 0.288 e. The lowest BCUT2D eigenvalue weighted by molar-refractivity contribution is -0.0898. The predicted octanol–water partition coefficient (Wildman–Crippen LogP) is 4.98. The molecule has 4 saturated carbocycles. The fourth-order valence-electron chi connectivity index (χ4n) is 6.85. The average Bonchev–Trinajstić information content (AvgIpc) is 2.61. The van der Waals surface area contributed by atoms with E-state index in [-0.39, 0.29) is 0 Å². The lowest BCUT2D eigenvalue weighted by atomic mass is 9.46. The molecule has 1 amide bonds. The first-order chi connectivity index (χ1) is 12.1. The number of amides is 1. The third kappa shape index (κ3) is 3.23. The average molecular weight is 341 g/mol. The highest BCUT2D eigenvalue weighted by Gasteiger charge is 2.53. The van der Waals surface area contributed by atoms with Crippen LogP contribution in [0.4, 0.5) is 0 Å². The predicted molar refractivity (Wildman–Crippen MR) is 98.4 cm³/mol. The van der Waals surface area contributed by atoms with Gasteiger partial charge < -0.3 is 0 Å². The molecular formula is C22H31NO2. The van der Waals surface area contributed by atoms with Crippen LogP contribution in [-0.4, -0.2) is 11.1 Å². The summed E-state index contributed by atoms with van der Waals surface area (Å²) in [5, 5.41) is 8.72. The first-order valence-electron chi connectivity index (χ1n) is 10.1. The van der Waals surface area contributed by atoms with E-state index < -0.39 is 5.91 Å². The van der Waals surface area contributed by atoms with Gasteiger partial charge in [0, 0.05) is 5.56 Å². The van der Waals surface area contributed by atoms with Gasteiger partial charge in [-0.15, -0.1) is 0 Å². The molecule has 0 radical (unpaired) electrons. The number of nitrogens with one attached hydrogen (secondary N) is 1. The van der Waals surface area contributed by atoms with Gasteiger partial charge in [-0.05, 0) is 98.1 Å². The first-order valence-corrected chi connectivity index (χ1v) is 10.1. The summed E-state index contributed by atoms with van der Waals surface area (Å²) in [6, 6.07) is 7.70. The normalized spacial score (nSPS) is 34.1. The molecule has 1 aromatic rings. The Labute approximate surface area is 151 Å². The van der Waals surface area contributed by atoms with E-state index in [1.807, 2.05) is 24.3 Å². The molecule has 5 rings (SSSR count). The van der Waals surface area contributed by atoms with Crippen molar-refractivity contribution in [3.63, 3.8) is 0 Å². The Hall–Kier alpha value is -1.35. The molecule has 4 aliphatic carbocycles. The molecule has 0 aliphatic heterocycles. The van der Waals surface area contributed by atoms with Crippen LogP contribution in [-0.2, 0) is 6.42 Å². The summed E-state index contributed by atoms with van der Waals surface area (Å²) < 4.78 is 0. The van der Waals surface area contributed by atoms with Crippen molar-refractivity contribution in [2.45, 2.75) is 64.7 Å². The molecule has 3 nitrogen and oxygen atoms in total. The molecule has 0 aromatic heterocycles. The van der Waals surface area contributed by atoms with Gasteiger partial charge in [-0.3, -0.25) is 10.0 Å². The Balaban J connectivity index is 1.42. The van der Waals surface area contributed by atoms with Gasteiger partial charge in [-0.25, -0.2) is 5.48 Å². The van der Waals surface area contributed by atoms with Crippen molar-refractivity contribution in [2.24, 2.45) is 29.1 Å². The van der Waals surface area contributed by atoms with E-state index in [1.165, 1.54) is 56.9 Å². The molecule has 1 unspecified atom stereocenters. The highest BCUT2D eigenvalue weighted by Crippen LogP contribution is 2.63. The Morgan fingerprint density at radius 3 is 2.16 bits per heavy atom. The van der Waals surface area contributed by atoms with E-state index in [9.17, 15) is 4.79 Å². The van der Waals surface area contributed by atoms with Crippen molar-refractivity contribution in [2.75, 3.05) is 0 Å². The molecule has 2 N–H and O–H groups in total. The standard InChI is InChI=1S/C22H31NO2/c1-2-20(8-5-15-3-6-19(7-4-15)21(24)23-25)22-12-16-9-17(13-22)11-18(10-16)14-22/h3-4,6-7,16-18,20,25H,2,5,8-14H2,1H3,(H,23,24). The van der Waals surface area contributed by atoms with Crippen molar-refractivity contribution in [3.05, 3.63) is 35.4 Å². The second-order valence-electron chi connectivity index (χ2n) is 9.06. The summed E-state index contributed by atoms with van der Waals surface area (Å²) in [6.07, 6.45) is 12.7. The number of hydroxylamine groups is 1. The van der Waals surface area contributed by atoms with Crippen LogP contribution in [0.5, 0.6) is 0 Å². The van der Waals surface area contributed by atoms with E-state index in [2.05, 4.69) is 6.92 Å². The number of carbonyl (C=O) groups excluding carboxylic acids is 1. The maximum Gasteiger partial charge on any atom is 0.274 e. The summed E-state index contributed by atoms with van der Waals surface area (Å²) in [6.45, 7) is 2.39. The molecule has 0 saturated heterocycles. The SMILES string of the molecule is CCC(CCc1ccc(C(=O)NO)cc1)C12CC3CC(CC(C3)C1)C2. The topological polar surface area (TPSA) is 49.3 Å². The van der Waals surface area contributed by atoms with E-state index in [0.717, 1.165) is 30.1 Å². The zero-order valence-electron chi connectivity index (χ0n) is 15.3.